The predicted octanol–water partition coefficient (Wildman–Crippen LogP) is -1.44. The minimum Gasteiger partial charge on any atom is -0.337 e. The highest BCUT2D eigenvalue weighted by molar-refractivity contribution is 6.64. The van der Waals surface area contributed by atoms with Crippen LogP contribution in [0.25, 0.3) is 0 Å². The first-order chi connectivity index (χ1) is 4.33. The molecule has 3 nitrogen and oxygen atoms in total. The number of hydrogen-bond acceptors (Lipinski definition) is 3. The highest BCUT2D eigenvalue weighted by Gasteiger charge is 2.18. The van der Waals surface area contributed by atoms with Crippen LogP contribution in [0.15, 0.2) is 0 Å². The summed E-state index contributed by atoms with van der Waals surface area (Å²) in [4.78, 5) is 12.1. The molecule has 0 amide bonds. The molecular weight excluding hydrogens is 115 g/mol. The normalized spacial score (nSPS) is 28.3. The summed E-state index contributed by atoms with van der Waals surface area (Å²) in [5, 5.41) is 0. The first kappa shape index (κ1) is 6.77. The van der Waals surface area contributed by atoms with Gasteiger partial charge in [-0.3, -0.25) is 0 Å². The zero-order valence-corrected chi connectivity index (χ0v) is 5.42. The minimum absolute atomic E-state index is 0.296. The van der Waals surface area contributed by atoms with Crippen molar-refractivity contribution >= 4 is 13.6 Å². The largest absolute Gasteiger partial charge is 0.337 e. The van der Waals surface area contributed by atoms with Gasteiger partial charge in [0.1, 0.15) is 0 Å². The fourth-order valence-electron chi connectivity index (χ4n) is 1.13. The van der Waals surface area contributed by atoms with E-state index in [-0.39, 0.29) is 0 Å². The van der Waals surface area contributed by atoms with Crippen molar-refractivity contribution in [2.24, 2.45) is 5.73 Å². The average Bonchev–Trinajstić information content (AvgIpc) is 2.17. The predicted molar refractivity (Wildman–Crippen MR) is 38.1 cm³/mol. The molecule has 50 valence electrons. The second kappa shape index (κ2) is 2.99. The summed E-state index contributed by atoms with van der Waals surface area (Å²) in [6.07, 6.45) is 1.96. The van der Waals surface area contributed by atoms with Gasteiger partial charge < -0.3 is 15.3 Å². The molecule has 0 bridgehead atoms. The molecule has 0 unspecified atom stereocenters. The molecule has 1 fully saturated rings. The fourth-order valence-corrected chi connectivity index (χ4v) is 1.13. The molecule has 0 aliphatic carbocycles. The molecule has 1 heterocycles. The minimum atomic E-state index is 0.296. The van der Waals surface area contributed by atoms with Crippen molar-refractivity contribution in [2.75, 3.05) is 13.1 Å². The average molecular weight is 126 g/mol. The van der Waals surface area contributed by atoms with Crippen LogP contribution in [0.1, 0.15) is 6.42 Å². The topological polar surface area (TPSA) is 46.3 Å². The van der Waals surface area contributed by atoms with Gasteiger partial charge in [-0.25, -0.2) is 0 Å². The molecule has 0 saturated carbocycles. The molecule has 1 saturated heterocycles. The van der Waals surface area contributed by atoms with Gasteiger partial charge in [0, 0.05) is 12.6 Å². The van der Waals surface area contributed by atoms with Crippen molar-refractivity contribution in [1.82, 2.24) is 4.81 Å². The monoisotopic (exact) mass is 126 g/mol. The lowest BCUT2D eigenvalue weighted by molar-refractivity contribution is 0.533. The van der Waals surface area contributed by atoms with Crippen molar-refractivity contribution in [2.45, 2.75) is 12.5 Å². The van der Waals surface area contributed by atoms with Crippen LogP contribution in [-0.4, -0.2) is 37.5 Å². The summed E-state index contributed by atoms with van der Waals surface area (Å²) < 4.78 is 0. The van der Waals surface area contributed by atoms with E-state index < -0.39 is 0 Å². The summed E-state index contributed by atoms with van der Waals surface area (Å²) in [5.74, 6) is 0. The van der Waals surface area contributed by atoms with Gasteiger partial charge in [-0.15, -0.1) is 0 Å². The maximum Gasteiger partial charge on any atom is 0.281 e. The molecule has 9 heavy (non-hydrogen) atoms. The Labute approximate surface area is 55.5 Å². The van der Waals surface area contributed by atoms with Gasteiger partial charge in [0.2, 0.25) is 0 Å². The smallest absolute Gasteiger partial charge is 0.281 e. The second-order valence-electron chi connectivity index (χ2n) is 2.47. The van der Waals surface area contributed by atoms with Gasteiger partial charge in [-0.1, -0.05) is 0 Å². The van der Waals surface area contributed by atoms with Crippen molar-refractivity contribution < 1.29 is 4.79 Å². The Hall–Kier alpha value is -0.345. The third-order valence-electron chi connectivity index (χ3n) is 1.64. The Morgan fingerprint density at radius 1 is 1.78 bits per heavy atom. The molecule has 1 aliphatic rings. The summed E-state index contributed by atoms with van der Waals surface area (Å²) >= 11 is 0. The van der Waals surface area contributed by atoms with E-state index in [1.807, 2.05) is 0 Å². The number of carbonyl (C=O) groups excluding carboxylic acids is 1. The first-order valence-corrected chi connectivity index (χ1v) is 3.24. The van der Waals surface area contributed by atoms with Crippen LogP contribution < -0.4 is 5.73 Å². The van der Waals surface area contributed by atoms with Gasteiger partial charge in [-0.05, 0) is 13.0 Å². The third-order valence-corrected chi connectivity index (χ3v) is 1.64. The summed E-state index contributed by atoms with van der Waals surface area (Å²) in [5.41, 5.74) is 5.60. The van der Waals surface area contributed by atoms with Crippen LogP contribution in [0.5, 0.6) is 0 Å². The zero-order chi connectivity index (χ0) is 6.69. The molecule has 0 aromatic heterocycles. The van der Waals surface area contributed by atoms with Gasteiger partial charge in [-0.2, -0.15) is 0 Å². The Morgan fingerprint density at radius 2 is 2.56 bits per heavy atom. The molecule has 0 radical (unpaired) electrons. The van der Waals surface area contributed by atoms with Crippen LogP contribution in [-0.2, 0) is 4.79 Å². The van der Waals surface area contributed by atoms with Crippen LogP contribution in [0.4, 0.5) is 0 Å². The summed E-state index contributed by atoms with van der Waals surface area (Å²) in [7, 11) is 0.549. The lowest BCUT2D eigenvalue weighted by Crippen LogP contribution is -2.30. The molecule has 1 aliphatic heterocycles. The lowest BCUT2D eigenvalue weighted by atomic mass is 9.96. The zero-order valence-electron chi connectivity index (χ0n) is 5.42. The quantitative estimate of drug-likeness (QED) is 0.364. The maximum atomic E-state index is 9.99. The number of nitrogens with two attached hydrogens (primary N) is 1. The van der Waals surface area contributed by atoms with Gasteiger partial charge in [0.25, 0.3) is 7.41 Å². The first-order valence-electron chi connectivity index (χ1n) is 3.24. The standard InChI is InChI=1S/C5H11BN2O/c7-5-1-2-8(3-5)6-4-9/h4-6H,1-3,7H2/t5-/m1/s1. The van der Waals surface area contributed by atoms with E-state index in [1.54, 1.807) is 0 Å². The Balaban J connectivity index is 2.21. The highest BCUT2D eigenvalue weighted by Crippen LogP contribution is 2.03. The van der Waals surface area contributed by atoms with E-state index >= 15 is 0 Å². The van der Waals surface area contributed by atoms with E-state index in [2.05, 4.69) is 4.81 Å². The third kappa shape index (κ3) is 1.80. The van der Waals surface area contributed by atoms with Crippen molar-refractivity contribution in [3.8, 4) is 0 Å². The molecular formula is C5H11BN2O. The fraction of sp³-hybridized carbons (Fsp3) is 0.800. The molecule has 1 atom stereocenters. The molecule has 0 aromatic rings. The van der Waals surface area contributed by atoms with Gasteiger partial charge in [0.05, 0.1) is 6.19 Å². The number of nitrogens with zero attached hydrogens (tertiary/aromatic N) is 1. The number of hydrogen-bond donors (Lipinski definition) is 1. The maximum absolute atomic E-state index is 9.99. The summed E-state index contributed by atoms with van der Waals surface area (Å²) in [6.45, 7) is 1.87. The Bertz CT molecular complexity index is 109. The van der Waals surface area contributed by atoms with Gasteiger partial charge >= 0.3 is 0 Å². The lowest BCUT2D eigenvalue weighted by Gasteiger charge is -2.07. The van der Waals surface area contributed by atoms with Crippen LogP contribution >= 0.6 is 0 Å². The van der Waals surface area contributed by atoms with E-state index in [0.717, 1.165) is 25.7 Å². The van der Waals surface area contributed by atoms with Crippen molar-refractivity contribution in [3.05, 3.63) is 0 Å². The van der Waals surface area contributed by atoms with E-state index in [4.69, 9.17) is 5.73 Å². The summed E-state index contributed by atoms with van der Waals surface area (Å²) in [6, 6.07) is 0.296. The molecule has 4 heteroatoms. The SMILES string of the molecule is N[C@@H]1CCN(BC=O)C1. The molecule has 1 rings (SSSR count). The second-order valence-corrected chi connectivity index (χ2v) is 2.47. The van der Waals surface area contributed by atoms with E-state index in [9.17, 15) is 4.79 Å². The van der Waals surface area contributed by atoms with E-state index in [0.29, 0.717) is 13.5 Å². The molecule has 2 N–H and O–H groups in total. The van der Waals surface area contributed by atoms with Gasteiger partial charge in [0.15, 0.2) is 0 Å². The molecule has 0 spiro atoms. The number of rotatable bonds is 2. The number of carbonyl (C=O) groups is 1. The molecule has 0 aromatic carbocycles. The van der Waals surface area contributed by atoms with Crippen LogP contribution in [0.2, 0.25) is 0 Å². The Kier molecular flexibility index (Phi) is 2.25. The highest BCUT2D eigenvalue weighted by atomic mass is 16.1. The van der Waals surface area contributed by atoms with Crippen LogP contribution in [0.3, 0.4) is 0 Å². The van der Waals surface area contributed by atoms with Crippen LogP contribution in [0, 0.1) is 0 Å². The Morgan fingerprint density at radius 3 is 3.00 bits per heavy atom. The van der Waals surface area contributed by atoms with Crippen molar-refractivity contribution in [1.29, 1.82) is 0 Å². The van der Waals surface area contributed by atoms with E-state index in [1.165, 1.54) is 0 Å². The van der Waals surface area contributed by atoms with Crippen molar-refractivity contribution in [3.63, 3.8) is 0 Å².